The van der Waals surface area contributed by atoms with Crippen LogP contribution in [-0.2, 0) is 0 Å². The van der Waals surface area contributed by atoms with Crippen molar-refractivity contribution in [2.75, 3.05) is 32.1 Å². The molecule has 78 valence electrons. The number of benzene rings is 1. The van der Waals surface area contributed by atoms with Crippen LogP contribution in [0.1, 0.15) is 12.8 Å². The molecule has 0 spiro atoms. The first-order valence-electron chi connectivity index (χ1n) is 5.25. The van der Waals surface area contributed by atoms with Crippen molar-refractivity contribution >= 4 is 5.69 Å². The Morgan fingerprint density at radius 1 is 1.14 bits per heavy atom. The minimum atomic E-state index is 1.11. The molecule has 0 fully saturated rings. The van der Waals surface area contributed by atoms with Crippen LogP contribution in [0.15, 0.2) is 30.3 Å². The van der Waals surface area contributed by atoms with Crippen LogP contribution in [0.2, 0.25) is 0 Å². The molecule has 1 aromatic carbocycles. The van der Waals surface area contributed by atoms with Crippen LogP contribution in [0.25, 0.3) is 0 Å². The van der Waals surface area contributed by atoms with Crippen molar-refractivity contribution in [1.82, 2.24) is 5.32 Å². The van der Waals surface area contributed by atoms with E-state index in [4.69, 9.17) is 0 Å². The number of hydrogen-bond acceptors (Lipinski definition) is 2. The fourth-order valence-electron chi connectivity index (χ4n) is 1.46. The number of hydrogen-bond donors (Lipinski definition) is 1. The van der Waals surface area contributed by atoms with Gasteiger partial charge in [-0.2, -0.15) is 0 Å². The normalized spacial score (nSPS) is 10.1. The van der Waals surface area contributed by atoms with Gasteiger partial charge in [0.1, 0.15) is 0 Å². The van der Waals surface area contributed by atoms with Gasteiger partial charge in [0, 0.05) is 19.3 Å². The third-order valence-corrected chi connectivity index (χ3v) is 2.37. The second kappa shape index (κ2) is 6.44. The Hall–Kier alpha value is -1.02. The van der Waals surface area contributed by atoms with Crippen LogP contribution in [-0.4, -0.2) is 27.2 Å². The van der Waals surface area contributed by atoms with E-state index >= 15 is 0 Å². The zero-order valence-electron chi connectivity index (χ0n) is 9.16. The molecule has 0 saturated carbocycles. The van der Waals surface area contributed by atoms with E-state index in [9.17, 15) is 0 Å². The van der Waals surface area contributed by atoms with Crippen molar-refractivity contribution in [3.63, 3.8) is 0 Å². The van der Waals surface area contributed by atoms with Gasteiger partial charge in [0.05, 0.1) is 0 Å². The van der Waals surface area contributed by atoms with Gasteiger partial charge < -0.3 is 10.2 Å². The summed E-state index contributed by atoms with van der Waals surface area (Å²) in [5, 5.41) is 3.16. The molecule has 0 aliphatic rings. The van der Waals surface area contributed by atoms with Crippen LogP contribution in [0, 0.1) is 0 Å². The second-order valence-corrected chi connectivity index (χ2v) is 3.57. The SMILES string of the molecule is CNCCCCN(C)c1ccccc1. The second-order valence-electron chi connectivity index (χ2n) is 3.57. The van der Waals surface area contributed by atoms with E-state index in [1.165, 1.54) is 18.5 Å². The molecule has 0 radical (unpaired) electrons. The lowest BCUT2D eigenvalue weighted by atomic mass is 10.2. The average molecular weight is 192 g/mol. The smallest absolute Gasteiger partial charge is 0.0363 e. The highest BCUT2D eigenvalue weighted by Gasteiger charge is 1.97. The Labute approximate surface area is 86.9 Å². The molecule has 0 aromatic heterocycles. The molecule has 0 amide bonds. The highest BCUT2D eigenvalue weighted by Crippen LogP contribution is 2.11. The Morgan fingerprint density at radius 3 is 2.50 bits per heavy atom. The van der Waals surface area contributed by atoms with E-state index in [1.54, 1.807) is 0 Å². The maximum atomic E-state index is 3.16. The Bertz CT molecular complexity index is 233. The van der Waals surface area contributed by atoms with Gasteiger partial charge in [0.2, 0.25) is 0 Å². The lowest BCUT2D eigenvalue weighted by Gasteiger charge is -2.18. The summed E-state index contributed by atoms with van der Waals surface area (Å²) in [6, 6.07) is 10.5. The molecule has 0 aliphatic heterocycles. The van der Waals surface area contributed by atoms with E-state index < -0.39 is 0 Å². The van der Waals surface area contributed by atoms with Crippen LogP contribution in [0.5, 0.6) is 0 Å². The van der Waals surface area contributed by atoms with E-state index in [1.807, 2.05) is 7.05 Å². The largest absolute Gasteiger partial charge is 0.375 e. The number of nitrogens with zero attached hydrogens (tertiary/aromatic N) is 1. The highest BCUT2D eigenvalue weighted by atomic mass is 15.1. The number of nitrogens with one attached hydrogen (secondary N) is 1. The molecule has 0 aliphatic carbocycles. The predicted molar refractivity (Wildman–Crippen MR) is 62.9 cm³/mol. The fourth-order valence-corrected chi connectivity index (χ4v) is 1.46. The molecule has 14 heavy (non-hydrogen) atoms. The molecule has 0 bridgehead atoms. The topological polar surface area (TPSA) is 15.3 Å². The number of rotatable bonds is 6. The summed E-state index contributed by atoms with van der Waals surface area (Å²) in [6.07, 6.45) is 2.49. The summed E-state index contributed by atoms with van der Waals surface area (Å²) < 4.78 is 0. The fraction of sp³-hybridized carbons (Fsp3) is 0.500. The maximum absolute atomic E-state index is 3.16. The summed E-state index contributed by atoms with van der Waals surface area (Å²) in [6.45, 7) is 2.24. The molecule has 2 nitrogen and oxygen atoms in total. The van der Waals surface area contributed by atoms with E-state index in [-0.39, 0.29) is 0 Å². The zero-order chi connectivity index (χ0) is 10.2. The van der Waals surface area contributed by atoms with E-state index in [2.05, 4.69) is 47.6 Å². The van der Waals surface area contributed by atoms with Crippen LogP contribution in [0.3, 0.4) is 0 Å². The van der Waals surface area contributed by atoms with Crippen molar-refractivity contribution in [3.05, 3.63) is 30.3 Å². The van der Waals surface area contributed by atoms with Crippen LogP contribution in [0.4, 0.5) is 5.69 Å². The molecule has 0 saturated heterocycles. The summed E-state index contributed by atoms with van der Waals surface area (Å²) in [7, 11) is 4.15. The molecule has 0 unspecified atom stereocenters. The standard InChI is InChI=1S/C12H20N2/c1-13-10-6-7-11-14(2)12-8-4-3-5-9-12/h3-5,8-9,13H,6-7,10-11H2,1-2H3. The first kappa shape index (κ1) is 11.1. The molecule has 1 aromatic rings. The Morgan fingerprint density at radius 2 is 1.86 bits per heavy atom. The third-order valence-electron chi connectivity index (χ3n) is 2.37. The van der Waals surface area contributed by atoms with Crippen molar-refractivity contribution in [3.8, 4) is 0 Å². The van der Waals surface area contributed by atoms with Crippen molar-refractivity contribution in [1.29, 1.82) is 0 Å². The third kappa shape index (κ3) is 3.79. The molecular formula is C12H20N2. The van der Waals surface area contributed by atoms with Gasteiger partial charge >= 0.3 is 0 Å². The highest BCUT2D eigenvalue weighted by molar-refractivity contribution is 5.44. The zero-order valence-corrected chi connectivity index (χ0v) is 9.16. The molecular weight excluding hydrogens is 172 g/mol. The van der Waals surface area contributed by atoms with Gasteiger partial charge in [0.15, 0.2) is 0 Å². The predicted octanol–water partition coefficient (Wildman–Crippen LogP) is 2.12. The van der Waals surface area contributed by atoms with Gasteiger partial charge in [-0.1, -0.05) is 18.2 Å². The quantitative estimate of drug-likeness (QED) is 0.695. The Kier molecular flexibility index (Phi) is 5.08. The Balaban J connectivity index is 2.25. The lowest BCUT2D eigenvalue weighted by Crippen LogP contribution is -2.19. The average Bonchev–Trinajstić information content (AvgIpc) is 2.25. The number of para-hydroxylation sites is 1. The summed E-state index contributed by atoms with van der Waals surface area (Å²) >= 11 is 0. The van der Waals surface area contributed by atoms with Crippen LogP contribution < -0.4 is 10.2 Å². The van der Waals surface area contributed by atoms with Crippen LogP contribution >= 0.6 is 0 Å². The van der Waals surface area contributed by atoms with Crippen molar-refractivity contribution < 1.29 is 0 Å². The van der Waals surface area contributed by atoms with Gasteiger partial charge in [-0.3, -0.25) is 0 Å². The molecule has 0 heterocycles. The molecule has 1 N–H and O–H groups in total. The first-order chi connectivity index (χ1) is 6.84. The summed E-state index contributed by atoms with van der Waals surface area (Å²) in [5.41, 5.74) is 1.30. The minimum absolute atomic E-state index is 1.11. The van der Waals surface area contributed by atoms with Gasteiger partial charge in [-0.15, -0.1) is 0 Å². The molecule has 0 atom stereocenters. The van der Waals surface area contributed by atoms with E-state index in [0.717, 1.165) is 13.1 Å². The maximum Gasteiger partial charge on any atom is 0.0363 e. The number of anilines is 1. The lowest BCUT2D eigenvalue weighted by molar-refractivity contribution is 0.671. The van der Waals surface area contributed by atoms with Gasteiger partial charge in [-0.25, -0.2) is 0 Å². The summed E-state index contributed by atoms with van der Waals surface area (Å²) in [5.74, 6) is 0. The van der Waals surface area contributed by atoms with Crippen molar-refractivity contribution in [2.24, 2.45) is 0 Å². The molecule has 2 heteroatoms. The van der Waals surface area contributed by atoms with Gasteiger partial charge in [-0.05, 0) is 38.6 Å². The molecule has 1 rings (SSSR count). The first-order valence-corrected chi connectivity index (χ1v) is 5.25. The monoisotopic (exact) mass is 192 g/mol. The van der Waals surface area contributed by atoms with Gasteiger partial charge in [0.25, 0.3) is 0 Å². The van der Waals surface area contributed by atoms with Crippen molar-refractivity contribution in [2.45, 2.75) is 12.8 Å². The number of unbranched alkanes of at least 4 members (excludes halogenated alkanes) is 1. The van der Waals surface area contributed by atoms with E-state index in [0.29, 0.717) is 0 Å². The summed E-state index contributed by atoms with van der Waals surface area (Å²) in [4.78, 5) is 2.30. The minimum Gasteiger partial charge on any atom is -0.375 e.